The SMILES string of the molecule is CCNC(=O)CCNC(C)CC1CCCN1C(=O)OC(C)(C)C. The number of carbonyl (C=O) groups excluding carboxylic acids is 2. The molecule has 0 radical (unpaired) electrons. The molecule has 23 heavy (non-hydrogen) atoms. The second-order valence-corrected chi connectivity index (χ2v) is 7.26. The number of nitrogens with one attached hydrogen (secondary N) is 2. The Kier molecular flexibility index (Phi) is 7.82. The highest BCUT2D eigenvalue weighted by Gasteiger charge is 2.32. The summed E-state index contributed by atoms with van der Waals surface area (Å²) in [4.78, 5) is 25.5. The Morgan fingerprint density at radius 3 is 2.65 bits per heavy atom. The highest BCUT2D eigenvalue weighted by Crippen LogP contribution is 2.24. The van der Waals surface area contributed by atoms with Crippen molar-refractivity contribution in [2.24, 2.45) is 0 Å². The minimum absolute atomic E-state index is 0.0726. The molecular formula is C17H33N3O3. The third kappa shape index (κ3) is 7.68. The molecule has 1 aliphatic rings. The zero-order valence-electron chi connectivity index (χ0n) is 15.3. The molecule has 1 heterocycles. The van der Waals surface area contributed by atoms with Crippen LogP contribution < -0.4 is 10.6 Å². The largest absolute Gasteiger partial charge is 0.444 e. The summed E-state index contributed by atoms with van der Waals surface area (Å²) in [5.41, 5.74) is -0.458. The third-order valence-electron chi connectivity index (χ3n) is 3.85. The fourth-order valence-corrected chi connectivity index (χ4v) is 2.85. The van der Waals surface area contributed by atoms with Crippen LogP contribution in [0.1, 0.15) is 60.3 Å². The zero-order chi connectivity index (χ0) is 17.5. The van der Waals surface area contributed by atoms with E-state index < -0.39 is 5.60 Å². The van der Waals surface area contributed by atoms with Crippen LogP contribution in [-0.2, 0) is 9.53 Å². The van der Waals surface area contributed by atoms with Gasteiger partial charge in [0, 0.05) is 38.1 Å². The minimum atomic E-state index is -0.458. The van der Waals surface area contributed by atoms with Crippen LogP contribution >= 0.6 is 0 Å². The van der Waals surface area contributed by atoms with Crippen LogP contribution in [0.5, 0.6) is 0 Å². The number of hydrogen-bond acceptors (Lipinski definition) is 4. The van der Waals surface area contributed by atoms with Gasteiger partial charge in [-0.3, -0.25) is 4.79 Å². The zero-order valence-corrected chi connectivity index (χ0v) is 15.3. The Bertz CT molecular complexity index is 393. The average Bonchev–Trinajstić information content (AvgIpc) is 2.85. The van der Waals surface area contributed by atoms with Gasteiger partial charge in [0.25, 0.3) is 0 Å². The molecule has 0 saturated carbocycles. The molecule has 0 aliphatic carbocycles. The Labute approximate surface area is 140 Å². The topological polar surface area (TPSA) is 70.7 Å². The van der Waals surface area contributed by atoms with E-state index in [-0.39, 0.29) is 24.1 Å². The number of carbonyl (C=O) groups is 2. The van der Waals surface area contributed by atoms with Crippen molar-refractivity contribution in [3.8, 4) is 0 Å². The van der Waals surface area contributed by atoms with Crippen molar-refractivity contribution in [3.05, 3.63) is 0 Å². The van der Waals surface area contributed by atoms with Crippen LogP contribution in [0, 0.1) is 0 Å². The summed E-state index contributed by atoms with van der Waals surface area (Å²) in [6.07, 6.45) is 3.19. The predicted octanol–water partition coefficient (Wildman–Crippen LogP) is 2.28. The van der Waals surface area contributed by atoms with E-state index in [9.17, 15) is 9.59 Å². The molecule has 1 rings (SSSR count). The van der Waals surface area contributed by atoms with Crippen molar-refractivity contribution in [1.29, 1.82) is 0 Å². The Hall–Kier alpha value is -1.30. The first-order chi connectivity index (χ1) is 10.7. The molecule has 0 bridgehead atoms. The summed E-state index contributed by atoms with van der Waals surface area (Å²) >= 11 is 0. The molecule has 6 heteroatoms. The summed E-state index contributed by atoms with van der Waals surface area (Å²) in [5, 5.41) is 6.15. The maximum absolute atomic E-state index is 12.3. The highest BCUT2D eigenvalue weighted by atomic mass is 16.6. The van der Waals surface area contributed by atoms with Crippen LogP contribution in [0.25, 0.3) is 0 Å². The minimum Gasteiger partial charge on any atom is -0.444 e. The lowest BCUT2D eigenvalue weighted by Gasteiger charge is -2.30. The van der Waals surface area contributed by atoms with Gasteiger partial charge in [-0.25, -0.2) is 4.79 Å². The fraction of sp³-hybridized carbons (Fsp3) is 0.882. The molecule has 0 aromatic carbocycles. The quantitative estimate of drug-likeness (QED) is 0.752. The molecule has 0 aromatic rings. The third-order valence-corrected chi connectivity index (χ3v) is 3.85. The van der Waals surface area contributed by atoms with E-state index in [4.69, 9.17) is 4.74 Å². The highest BCUT2D eigenvalue weighted by molar-refractivity contribution is 5.75. The monoisotopic (exact) mass is 327 g/mol. The fourth-order valence-electron chi connectivity index (χ4n) is 2.85. The van der Waals surface area contributed by atoms with Crippen LogP contribution in [0.4, 0.5) is 4.79 Å². The van der Waals surface area contributed by atoms with Gasteiger partial charge in [0.05, 0.1) is 0 Å². The van der Waals surface area contributed by atoms with Gasteiger partial charge in [0.1, 0.15) is 5.60 Å². The Morgan fingerprint density at radius 1 is 1.35 bits per heavy atom. The summed E-state index contributed by atoms with van der Waals surface area (Å²) in [7, 11) is 0. The predicted molar refractivity (Wildman–Crippen MR) is 91.3 cm³/mol. The van der Waals surface area contributed by atoms with Crippen molar-refractivity contribution in [2.45, 2.75) is 78.0 Å². The molecule has 2 unspecified atom stereocenters. The molecular weight excluding hydrogens is 294 g/mol. The lowest BCUT2D eigenvalue weighted by molar-refractivity contribution is -0.120. The number of likely N-dealkylation sites (tertiary alicyclic amines) is 1. The normalized spacial score (nSPS) is 19.5. The van der Waals surface area contributed by atoms with Crippen LogP contribution in [0.3, 0.4) is 0 Å². The van der Waals surface area contributed by atoms with Gasteiger partial charge in [-0.15, -0.1) is 0 Å². The molecule has 0 spiro atoms. The molecule has 6 nitrogen and oxygen atoms in total. The van der Waals surface area contributed by atoms with Crippen LogP contribution in [-0.4, -0.2) is 54.2 Å². The lowest BCUT2D eigenvalue weighted by Crippen LogP contribution is -2.43. The summed E-state index contributed by atoms with van der Waals surface area (Å²) in [5.74, 6) is 0.0726. The van der Waals surface area contributed by atoms with E-state index in [1.165, 1.54) is 0 Å². The summed E-state index contributed by atoms with van der Waals surface area (Å²) in [6, 6.07) is 0.481. The molecule has 1 saturated heterocycles. The first-order valence-corrected chi connectivity index (χ1v) is 8.72. The van der Waals surface area contributed by atoms with Gasteiger partial charge in [0.15, 0.2) is 0 Å². The van der Waals surface area contributed by atoms with E-state index >= 15 is 0 Å². The molecule has 2 amide bonds. The number of rotatable bonds is 7. The first-order valence-electron chi connectivity index (χ1n) is 8.72. The Morgan fingerprint density at radius 2 is 2.04 bits per heavy atom. The van der Waals surface area contributed by atoms with E-state index in [2.05, 4.69) is 17.6 Å². The van der Waals surface area contributed by atoms with Crippen molar-refractivity contribution in [1.82, 2.24) is 15.5 Å². The van der Waals surface area contributed by atoms with Crippen molar-refractivity contribution >= 4 is 12.0 Å². The van der Waals surface area contributed by atoms with Gasteiger partial charge in [-0.1, -0.05) is 0 Å². The second-order valence-electron chi connectivity index (χ2n) is 7.26. The molecule has 2 N–H and O–H groups in total. The lowest BCUT2D eigenvalue weighted by atomic mass is 10.1. The van der Waals surface area contributed by atoms with Crippen LogP contribution in [0.2, 0.25) is 0 Å². The molecule has 0 aromatic heterocycles. The van der Waals surface area contributed by atoms with E-state index in [0.29, 0.717) is 19.5 Å². The second kappa shape index (κ2) is 9.11. The first kappa shape index (κ1) is 19.7. The van der Waals surface area contributed by atoms with Crippen molar-refractivity contribution in [3.63, 3.8) is 0 Å². The van der Waals surface area contributed by atoms with E-state index in [1.807, 2.05) is 32.6 Å². The molecule has 2 atom stereocenters. The summed E-state index contributed by atoms with van der Waals surface area (Å²) < 4.78 is 5.49. The van der Waals surface area contributed by atoms with Gasteiger partial charge in [0.2, 0.25) is 5.91 Å². The van der Waals surface area contributed by atoms with Gasteiger partial charge < -0.3 is 20.3 Å². The molecule has 1 fully saturated rings. The average molecular weight is 327 g/mol. The van der Waals surface area contributed by atoms with Crippen molar-refractivity contribution in [2.75, 3.05) is 19.6 Å². The standard InChI is InChI=1S/C17H33N3O3/c1-6-18-15(21)9-10-19-13(2)12-14-8-7-11-20(14)16(22)23-17(3,4)5/h13-14,19H,6-12H2,1-5H3,(H,18,21). The van der Waals surface area contributed by atoms with Crippen molar-refractivity contribution < 1.29 is 14.3 Å². The molecule has 1 aliphatic heterocycles. The Balaban J connectivity index is 2.36. The van der Waals surface area contributed by atoms with Gasteiger partial charge >= 0.3 is 6.09 Å². The molecule has 134 valence electrons. The maximum atomic E-state index is 12.3. The number of hydrogen-bond donors (Lipinski definition) is 2. The summed E-state index contributed by atoms with van der Waals surface area (Å²) in [6.45, 7) is 11.8. The van der Waals surface area contributed by atoms with Gasteiger partial charge in [-0.2, -0.15) is 0 Å². The number of amides is 2. The van der Waals surface area contributed by atoms with Gasteiger partial charge in [-0.05, 0) is 53.9 Å². The number of ether oxygens (including phenoxy) is 1. The van der Waals surface area contributed by atoms with E-state index in [0.717, 1.165) is 25.8 Å². The van der Waals surface area contributed by atoms with Crippen LogP contribution in [0.15, 0.2) is 0 Å². The number of nitrogens with zero attached hydrogens (tertiary/aromatic N) is 1. The van der Waals surface area contributed by atoms with E-state index in [1.54, 1.807) is 0 Å². The smallest absolute Gasteiger partial charge is 0.410 e. The maximum Gasteiger partial charge on any atom is 0.410 e.